The predicted molar refractivity (Wildman–Crippen MR) is 154 cm³/mol. The zero-order valence-electron chi connectivity index (χ0n) is 21.0. The van der Waals surface area contributed by atoms with E-state index in [0.29, 0.717) is 11.3 Å². The molecule has 0 aliphatic carbocycles. The maximum Gasteiger partial charge on any atom is 0.417 e. The largest absolute Gasteiger partial charge is 0.465 e. The molecule has 1 N–H and O–H groups in total. The number of nitrogens with zero attached hydrogens (tertiary/aromatic N) is 2. The van der Waals surface area contributed by atoms with Gasteiger partial charge in [-0.1, -0.05) is 68.9 Å². The summed E-state index contributed by atoms with van der Waals surface area (Å²) in [6.07, 6.45) is -4.71. The van der Waals surface area contributed by atoms with Crippen LogP contribution >= 0.6 is 50.7 Å². The van der Waals surface area contributed by atoms with Crippen LogP contribution in [0.5, 0.6) is 5.75 Å². The van der Waals surface area contributed by atoms with Gasteiger partial charge in [-0.15, -0.1) is 0 Å². The zero-order chi connectivity index (χ0) is 29.9. The van der Waals surface area contributed by atoms with E-state index in [-0.39, 0.29) is 30.2 Å². The fourth-order valence-corrected chi connectivity index (χ4v) is 5.02. The van der Waals surface area contributed by atoms with Crippen LogP contribution in [0.2, 0.25) is 5.02 Å². The second-order valence-corrected chi connectivity index (χ2v) is 11.0. The Kier molecular flexibility index (Phi) is 9.42. The maximum absolute atomic E-state index is 13.7. The van der Waals surface area contributed by atoms with E-state index < -0.39 is 39.2 Å². The van der Waals surface area contributed by atoms with Gasteiger partial charge in [0.1, 0.15) is 5.75 Å². The van der Waals surface area contributed by atoms with Crippen molar-refractivity contribution in [2.75, 3.05) is 18.5 Å². The fourth-order valence-electron chi connectivity index (χ4n) is 4.26. The minimum absolute atomic E-state index is 0.0198. The van der Waals surface area contributed by atoms with Crippen molar-refractivity contribution in [1.29, 1.82) is 0 Å². The van der Waals surface area contributed by atoms with Gasteiger partial charge in [0, 0.05) is 15.7 Å². The Labute approximate surface area is 256 Å². The molecule has 0 saturated carbocycles. The Bertz CT molecular complexity index is 1470. The van der Waals surface area contributed by atoms with E-state index in [2.05, 4.69) is 26.3 Å². The first-order chi connectivity index (χ1) is 19.3. The number of rotatable bonds is 7. The molecule has 14 heteroatoms. The second kappa shape index (κ2) is 12.5. The molecule has 2 amide bonds. The third kappa shape index (κ3) is 6.74. The molecule has 0 spiro atoms. The van der Waals surface area contributed by atoms with Crippen molar-refractivity contribution in [3.63, 3.8) is 0 Å². The van der Waals surface area contributed by atoms with E-state index in [9.17, 15) is 22.8 Å². The number of esters is 1. The van der Waals surface area contributed by atoms with E-state index in [1.807, 2.05) is 0 Å². The molecular formula is C27H20BrCl3F3N3O4. The molecule has 1 aliphatic heterocycles. The molecule has 0 saturated heterocycles. The van der Waals surface area contributed by atoms with Crippen LogP contribution in [0.1, 0.15) is 23.6 Å². The minimum atomic E-state index is -4.71. The topological polar surface area (TPSA) is 80.2 Å². The van der Waals surface area contributed by atoms with Crippen LogP contribution in [-0.2, 0) is 21.1 Å². The number of hydrogen-bond acceptors (Lipinski definition) is 5. The average molecular weight is 694 g/mol. The van der Waals surface area contributed by atoms with Crippen LogP contribution in [0.15, 0.2) is 76.3 Å². The summed E-state index contributed by atoms with van der Waals surface area (Å²) in [7, 11) is 0. The van der Waals surface area contributed by atoms with Crippen molar-refractivity contribution in [2.24, 2.45) is 5.10 Å². The molecule has 0 fully saturated rings. The van der Waals surface area contributed by atoms with Gasteiger partial charge in [0.15, 0.2) is 5.41 Å². The summed E-state index contributed by atoms with van der Waals surface area (Å²) in [6, 6.07) is 15.1. The number of amides is 2. The minimum Gasteiger partial charge on any atom is -0.465 e. The predicted octanol–water partition coefficient (Wildman–Crippen LogP) is 8.01. The van der Waals surface area contributed by atoms with Gasteiger partial charge in [-0.2, -0.15) is 18.3 Å². The Hall–Kier alpha value is -2.99. The lowest BCUT2D eigenvalue weighted by Crippen LogP contribution is -2.48. The van der Waals surface area contributed by atoms with Crippen molar-refractivity contribution >= 4 is 74.1 Å². The highest BCUT2D eigenvalue weighted by Gasteiger charge is 2.54. The summed E-state index contributed by atoms with van der Waals surface area (Å²) in [6.45, 7) is 1.24. The smallest absolute Gasteiger partial charge is 0.417 e. The molecule has 3 aromatic rings. The van der Waals surface area contributed by atoms with Gasteiger partial charge in [0.25, 0.3) is 0 Å². The second-order valence-electron chi connectivity index (χ2n) is 8.66. The number of hydrogen-bond donors (Lipinski definition) is 1. The highest BCUT2D eigenvalue weighted by Crippen LogP contribution is 2.41. The molecule has 1 unspecified atom stereocenters. The van der Waals surface area contributed by atoms with E-state index in [1.54, 1.807) is 31.2 Å². The van der Waals surface area contributed by atoms with Crippen LogP contribution in [0, 0.1) is 0 Å². The third-order valence-electron chi connectivity index (χ3n) is 6.09. The van der Waals surface area contributed by atoms with Gasteiger partial charge in [0.05, 0.1) is 29.4 Å². The van der Waals surface area contributed by atoms with Gasteiger partial charge in [-0.25, -0.2) is 9.80 Å². The first-order valence-electron chi connectivity index (χ1n) is 11.9. The monoisotopic (exact) mass is 691 g/mol. The molecule has 3 aromatic carbocycles. The van der Waals surface area contributed by atoms with E-state index in [4.69, 9.17) is 44.3 Å². The molecular weight excluding hydrogens is 674 g/mol. The first-order valence-corrected chi connectivity index (χ1v) is 13.9. The lowest BCUT2D eigenvalue weighted by molar-refractivity contribution is -0.147. The highest BCUT2D eigenvalue weighted by molar-refractivity contribution is 9.10. The summed E-state index contributed by atoms with van der Waals surface area (Å²) in [5.41, 5.74) is -2.02. The Morgan fingerprint density at radius 3 is 2.32 bits per heavy atom. The number of urea groups is 1. The zero-order valence-corrected chi connectivity index (χ0v) is 24.9. The first kappa shape index (κ1) is 31.0. The lowest BCUT2D eigenvalue weighted by atomic mass is 9.74. The van der Waals surface area contributed by atoms with Crippen LogP contribution in [0.25, 0.3) is 0 Å². The molecule has 41 heavy (non-hydrogen) atoms. The number of carbonyl (C=O) groups excluding carboxylic acids is 2. The molecule has 216 valence electrons. The molecule has 1 aliphatic rings. The van der Waals surface area contributed by atoms with Crippen LogP contribution in [0.3, 0.4) is 0 Å². The number of alkyl halides is 5. The normalized spacial score (nSPS) is 16.9. The molecule has 1 heterocycles. The summed E-state index contributed by atoms with van der Waals surface area (Å²) in [4.78, 5) is 27.1. The number of ether oxygens (including phenoxy) is 2. The average Bonchev–Trinajstić information content (AvgIpc) is 3.32. The highest BCUT2D eigenvalue weighted by atomic mass is 79.9. The lowest BCUT2D eigenvalue weighted by Gasteiger charge is -2.29. The summed E-state index contributed by atoms with van der Waals surface area (Å²) in [5.74, 6) is -0.503. The van der Waals surface area contributed by atoms with Crippen molar-refractivity contribution in [3.8, 4) is 5.75 Å². The van der Waals surface area contributed by atoms with Gasteiger partial charge < -0.3 is 14.8 Å². The van der Waals surface area contributed by atoms with E-state index >= 15 is 0 Å². The molecule has 0 radical (unpaired) electrons. The van der Waals surface area contributed by atoms with E-state index in [1.165, 1.54) is 24.3 Å². The molecule has 0 bridgehead atoms. The summed E-state index contributed by atoms with van der Waals surface area (Å²) < 4.78 is 51.8. The number of anilines is 1. The maximum atomic E-state index is 13.7. The Balaban J connectivity index is 1.85. The Morgan fingerprint density at radius 2 is 1.76 bits per heavy atom. The van der Waals surface area contributed by atoms with Crippen molar-refractivity contribution in [1.82, 2.24) is 5.01 Å². The van der Waals surface area contributed by atoms with Crippen LogP contribution < -0.4 is 10.1 Å². The van der Waals surface area contributed by atoms with Gasteiger partial charge in [0.2, 0.25) is 5.02 Å². The standard InChI is InChI=1S/C27H20BrCl3F3N3O4/c1-2-40-23(38)26(16-4-10-19(11-5-16)41-24(30)31)14-37(25(39)35-18-8-6-17(28)7-9-18)36-22(26)15-3-12-20(21(29)13-15)27(32,33)34/h3-13,24H,2,14H2,1H3,(H,35,39). The molecule has 7 nitrogen and oxygen atoms in total. The SMILES string of the molecule is CCOC(=O)C1(c2ccc(OC(Cl)Cl)cc2)CN(C(=O)Nc2ccc(Br)cc2)N=C1c1ccc(C(F)(F)F)c(Cl)c1. The third-order valence-corrected chi connectivity index (χ3v) is 7.11. The van der Waals surface area contributed by atoms with Gasteiger partial charge in [-0.3, -0.25) is 4.79 Å². The fraction of sp³-hybridized carbons (Fsp3) is 0.222. The van der Waals surface area contributed by atoms with Crippen molar-refractivity contribution < 1.29 is 32.2 Å². The Morgan fingerprint density at radius 1 is 1.10 bits per heavy atom. The summed E-state index contributed by atoms with van der Waals surface area (Å²) >= 11 is 20.7. The molecule has 1 atom stereocenters. The van der Waals surface area contributed by atoms with Crippen molar-refractivity contribution in [2.45, 2.75) is 23.5 Å². The van der Waals surface area contributed by atoms with Crippen LogP contribution in [0.4, 0.5) is 23.7 Å². The quantitative estimate of drug-likeness (QED) is 0.201. The number of benzene rings is 3. The molecule has 4 rings (SSSR count). The number of nitrogens with one attached hydrogen (secondary N) is 1. The number of carbonyl (C=O) groups is 2. The summed E-state index contributed by atoms with van der Waals surface area (Å²) in [5, 5.41) is 6.37. The van der Waals surface area contributed by atoms with Crippen molar-refractivity contribution in [3.05, 3.63) is 92.9 Å². The van der Waals surface area contributed by atoms with Crippen LogP contribution in [-0.4, -0.2) is 40.9 Å². The number of halogens is 7. The van der Waals surface area contributed by atoms with E-state index in [0.717, 1.165) is 27.7 Å². The molecule has 0 aromatic heterocycles. The van der Waals surface area contributed by atoms with Gasteiger partial charge >= 0.3 is 18.2 Å². The van der Waals surface area contributed by atoms with Gasteiger partial charge in [-0.05, 0) is 61.0 Å². The number of hydrazone groups is 1.